The topological polar surface area (TPSA) is 192 Å². The monoisotopic (exact) mass is 483 g/mol. The third-order valence-corrected chi connectivity index (χ3v) is 6.93. The number of aliphatic imine (C=N–C) groups is 1. The summed E-state index contributed by atoms with van der Waals surface area (Å²) in [4.78, 5) is 41.7. The van der Waals surface area contributed by atoms with Crippen LogP contribution in [0.4, 0.5) is 0 Å². The Hall–Kier alpha value is -2.40. The summed E-state index contributed by atoms with van der Waals surface area (Å²) >= 11 is 0. The van der Waals surface area contributed by atoms with E-state index in [1.165, 1.54) is 6.92 Å². The van der Waals surface area contributed by atoms with Crippen LogP contribution in [0.15, 0.2) is 4.99 Å². The highest BCUT2D eigenvalue weighted by atomic mass is 16.7. The fourth-order valence-corrected chi connectivity index (χ4v) is 4.74. The number of nitrogens with one attached hydrogen (secondary N) is 1. The minimum Gasteiger partial charge on any atom is -0.422 e. The maximum Gasteiger partial charge on any atom is 0.326 e. The third kappa shape index (κ3) is 6.59. The van der Waals surface area contributed by atoms with E-state index >= 15 is 0 Å². The van der Waals surface area contributed by atoms with Gasteiger partial charge in [-0.25, -0.2) is 4.99 Å². The van der Waals surface area contributed by atoms with Crippen LogP contribution in [0, 0.1) is 23.7 Å². The number of nitrogens with two attached hydrogens (primary N) is 3. The number of rotatable bonds is 11. The van der Waals surface area contributed by atoms with Gasteiger partial charge in [0.25, 0.3) is 5.79 Å². The maximum absolute atomic E-state index is 13.1. The Morgan fingerprint density at radius 3 is 2.18 bits per heavy atom. The summed E-state index contributed by atoms with van der Waals surface area (Å²) in [6, 6.07) is -1.87. The highest BCUT2D eigenvalue weighted by molar-refractivity contribution is 5.79. The summed E-state index contributed by atoms with van der Waals surface area (Å²) in [6.45, 7) is 8.99. The molecule has 2 rings (SSSR count). The Morgan fingerprint density at radius 1 is 1.15 bits per heavy atom. The number of aliphatic hydroxyl groups excluding tert-OH is 1. The summed E-state index contributed by atoms with van der Waals surface area (Å²) in [5, 5.41) is 14.2. The molecular formula is C23H41N5O6. The molecule has 11 heteroatoms. The average Bonchev–Trinajstić information content (AvgIpc) is 3.41. The molecular weight excluding hydrogens is 442 g/mol. The molecule has 0 radical (unpaired) electrons. The normalized spacial score (nSPS) is 27.1. The summed E-state index contributed by atoms with van der Waals surface area (Å²) in [5.41, 5.74) is 17.1. The lowest BCUT2D eigenvalue weighted by atomic mass is 9.80. The van der Waals surface area contributed by atoms with Crippen LogP contribution in [0.1, 0.15) is 66.7 Å². The van der Waals surface area contributed by atoms with Crippen LogP contribution in [-0.2, 0) is 23.9 Å². The van der Waals surface area contributed by atoms with Crippen molar-refractivity contribution in [1.29, 1.82) is 0 Å². The second-order valence-electron chi connectivity index (χ2n) is 9.86. The van der Waals surface area contributed by atoms with Crippen LogP contribution >= 0.6 is 0 Å². The first-order valence-corrected chi connectivity index (χ1v) is 12.1. The van der Waals surface area contributed by atoms with Gasteiger partial charge in [0, 0.05) is 31.7 Å². The fourth-order valence-electron chi connectivity index (χ4n) is 4.74. The molecule has 34 heavy (non-hydrogen) atoms. The van der Waals surface area contributed by atoms with Crippen molar-refractivity contribution in [2.24, 2.45) is 45.9 Å². The fraction of sp³-hybridized carbons (Fsp3) is 0.826. The van der Waals surface area contributed by atoms with Crippen molar-refractivity contribution in [3.63, 3.8) is 0 Å². The highest BCUT2D eigenvalue weighted by Crippen LogP contribution is 2.45. The van der Waals surface area contributed by atoms with E-state index in [-0.39, 0.29) is 30.1 Å². The van der Waals surface area contributed by atoms with Gasteiger partial charge in [0.15, 0.2) is 5.96 Å². The lowest BCUT2D eigenvalue weighted by molar-refractivity contribution is -0.202. The lowest BCUT2D eigenvalue weighted by Crippen LogP contribution is -2.51. The second-order valence-corrected chi connectivity index (χ2v) is 9.86. The van der Waals surface area contributed by atoms with Crippen LogP contribution in [0.25, 0.3) is 0 Å². The first kappa shape index (κ1) is 27.8. The first-order chi connectivity index (χ1) is 15.9. The van der Waals surface area contributed by atoms with Crippen molar-refractivity contribution in [3.8, 4) is 0 Å². The SMILES string of the molecule is CCC(CC)[C@H](NC(C)=O)[C@@H]1[C@H](O)[C@@H](C(=O)OC2(OC(=O)[C@H](N)C(C)C)CC2)C[C@H]1N=C(N)N. The Bertz CT molecular complexity index is 776. The Labute approximate surface area is 201 Å². The minimum atomic E-state index is -1.35. The molecule has 6 atom stereocenters. The molecule has 2 aliphatic carbocycles. The first-order valence-electron chi connectivity index (χ1n) is 12.1. The molecule has 0 spiro atoms. The number of amides is 1. The lowest BCUT2D eigenvalue weighted by Gasteiger charge is -2.35. The van der Waals surface area contributed by atoms with Crippen LogP contribution in [0.2, 0.25) is 0 Å². The van der Waals surface area contributed by atoms with Gasteiger partial charge in [-0.2, -0.15) is 0 Å². The molecule has 1 amide bonds. The Morgan fingerprint density at radius 2 is 1.74 bits per heavy atom. The van der Waals surface area contributed by atoms with Crippen molar-refractivity contribution in [2.75, 3.05) is 0 Å². The van der Waals surface area contributed by atoms with Gasteiger partial charge < -0.3 is 37.1 Å². The average molecular weight is 484 g/mol. The van der Waals surface area contributed by atoms with Crippen LogP contribution in [0.3, 0.4) is 0 Å². The number of aliphatic hydroxyl groups is 1. The zero-order chi connectivity index (χ0) is 25.8. The molecule has 0 aromatic heterocycles. The standard InChI is InChI=1S/C23H41N5O6/c1-6-13(7-2)18(27-12(5)29)16-15(28-22(25)26)10-14(19(16)30)20(31)33-23(8-9-23)34-21(32)17(24)11(3)4/h11,13-19,30H,6-10,24H2,1-5H3,(H,27,29)(H4,25,26,28)/t14-,15+,16+,17+,18-,19+/m0/s1. The van der Waals surface area contributed by atoms with Gasteiger partial charge in [0.1, 0.15) is 6.04 Å². The number of hydrogen-bond donors (Lipinski definition) is 5. The largest absolute Gasteiger partial charge is 0.422 e. The summed E-state index contributed by atoms with van der Waals surface area (Å²) in [7, 11) is 0. The summed E-state index contributed by atoms with van der Waals surface area (Å²) in [6.07, 6.45) is 1.20. The van der Waals surface area contributed by atoms with E-state index in [0.29, 0.717) is 12.8 Å². The predicted molar refractivity (Wildman–Crippen MR) is 126 cm³/mol. The van der Waals surface area contributed by atoms with Gasteiger partial charge in [-0.1, -0.05) is 40.5 Å². The molecule has 0 unspecified atom stereocenters. The van der Waals surface area contributed by atoms with Crippen molar-refractivity contribution in [1.82, 2.24) is 5.32 Å². The third-order valence-electron chi connectivity index (χ3n) is 6.93. The van der Waals surface area contributed by atoms with E-state index in [1.807, 2.05) is 13.8 Å². The molecule has 0 aromatic carbocycles. The zero-order valence-corrected chi connectivity index (χ0v) is 20.8. The molecule has 8 N–H and O–H groups in total. The van der Waals surface area contributed by atoms with E-state index in [0.717, 1.165) is 12.8 Å². The Balaban J connectivity index is 2.24. The van der Waals surface area contributed by atoms with Gasteiger partial charge in [0.2, 0.25) is 5.91 Å². The number of ether oxygens (including phenoxy) is 2. The van der Waals surface area contributed by atoms with Crippen molar-refractivity contribution in [3.05, 3.63) is 0 Å². The maximum atomic E-state index is 13.1. The predicted octanol–water partition coefficient (Wildman–Crippen LogP) is 0.126. The number of guanidine groups is 1. The van der Waals surface area contributed by atoms with Gasteiger partial charge in [0.05, 0.1) is 18.1 Å². The Kier molecular flexibility index (Phi) is 9.29. The van der Waals surface area contributed by atoms with Crippen molar-refractivity contribution >= 4 is 23.8 Å². The minimum absolute atomic E-state index is 0.0447. The zero-order valence-electron chi connectivity index (χ0n) is 20.8. The molecule has 0 aromatic rings. The second kappa shape index (κ2) is 11.4. The number of hydrogen-bond acceptors (Lipinski definition) is 8. The molecule has 2 aliphatic rings. The van der Waals surface area contributed by atoms with E-state index in [2.05, 4.69) is 10.3 Å². The van der Waals surface area contributed by atoms with Crippen molar-refractivity contribution < 1.29 is 29.0 Å². The van der Waals surface area contributed by atoms with Crippen LogP contribution in [0.5, 0.6) is 0 Å². The molecule has 0 bridgehead atoms. The molecule has 11 nitrogen and oxygen atoms in total. The summed E-state index contributed by atoms with van der Waals surface area (Å²) < 4.78 is 11.0. The number of esters is 2. The van der Waals surface area contributed by atoms with Crippen LogP contribution in [-0.4, -0.2) is 58.9 Å². The number of carbonyl (C=O) groups excluding carboxylic acids is 3. The van der Waals surface area contributed by atoms with Crippen LogP contribution < -0.4 is 22.5 Å². The van der Waals surface area contributed by atoms with E-state index in [4.69, 9.17) is 26.7 Å². The van der Waals surface area contributed by atoms with Gasteiger partial charge >= 0.3 is 11.9 Å². The molecule has 2 saturated carbocycles. The van der Waals surface area contributed by atoms with E-state index < -0.39 is 53.8 Å². The van der Waals surface area contributed by atoms with Gasteiger partial charge in [-0.3, -0.25) is 14.4 Å². The summed E-state index contributed by atoms with van der Waals surface area (Å²) in [5.74, 6) is -4.73. The molecule has 0 aliphatic heterocycles. The van der Waals surface area contributed by atoms with E-state index in [9.17, 15) is 19.5 Å². The quantitative estimate of drug-likeness (QED) is 0.117. The molecule has 0 saturated heterocycles. The smallest absolute Gasteiger partial charge is 0.326 e. The van der Waals surface area contributed by atoms with Gasteiger partial charge in [-0.15, -0.1) is 0 Å². The van der Waals surface area contributed by atoms with E-state index in [1.54, 1.807) is 13.8 Å². The number of nitrogens with zero attached hydrogens (tertiary/aromatic N) is 1. The highest BCUT2D eigenvalue weighted by Gasteiger charge is 2.56. The molecule has 194 valence electrons. The number of carbonyl (C=O) groups is 3. The molecule has 0 heterocycles. The van der Waals surface area contributed by atoms with Crippen molar-refractivity contribution in [2.45, 2.75) is 96.7 Å². The molecule has 2 fully saturated rings. The van der Waals surface area contributed by atoms with Gasteiger partial charge in [-0.05, 0) is 18.3 Å².